The molecular formula is C25H25Cl3N4O3. The van der Waals surface area contributed by atoms with E-state index in [1.807, 2.05) is 6.07 Å². The largest absolute Gasteiger partial charge is 0.495 e. The van der Waals surface area contributed by atoms with Crippen LogP contribution in [-0.2, 0) is 4.79 Å². The second-order valence-electron chi connectivity index (χ2n) is 8.23. The number of methoxy groups -OCH3 is 2. The van der Waals surface area contributed by atoms with Crippen molar-refractivity contribution in [3.05, 3.63) is 52.1 Å². The van der Waals surface area contributed by atoms with Crippen molar-refractivity contribution < 1.29 is 14.3 Å². The number of carbonyl (C=O) groups is 1. The standard InChI is InChI=1S/C25H25Cl3N4O3/c1-4-20(33)30-16-7-5-6-8-17(16)31-25-29-12-14-9-13(10-15(26)24(14)32-25)21-22(27)18(34-2)11-19(35-3)23(21)28/h4,9-12,16-17H,1,5-8H2,2-3H3,(H,30,33)(H,29,31,32)/t16-,17+/m0/s1. The van der Waals surface area contributed by atoms with Crippen molar-refractivity contribution in [3.63, 3.8) is 0 Å². The van der Waals surface area contributed by atoms with E-state index in [0.29, 0.717) is 54.5 Å². The third-order valence-corrected chi connectivity index (χ3v) is 7.13. The molecule has 2 atom stereocenters. The van der Waals surface area contributed by atoms with Gasteiger partial charge in [0.05, 0.1) is 34.8 Å². The average molecular weight is 536 g/mol. The van der Waals surface area contributed by atoms with E-state index in [0.717, 1.165) is 25.7 Å². The molecule has 1 aromatic heterocycles. The maximum Gasteiger partial charge on any atom is 0.243 e. The number of hydrogen-bond donors (Lipinski definition) is 2. The van der Waals surface area contributed by atoms with Crippen LogP contribution in [0.1, 0.15) is 25.7 Å². The summed E-state index contributed by atoms with van der Waals surface area (Å²) in [5, 5.41) is 8.18. The molecule has 1 fully saturated rings. The predicted molar refractivity (Wildman–Crippen MR) is 141 cm³/mol. The molecule has 184 valence electrons. The van der Waals surface area contributed by atoms with Gasteiger partial charge in [-0.25, -0.2) is 9.97 Å². The lowest BCUT2D eigenvalue weighted by molar-refractivity contribution is -0.117. The monoisotopic (exact) mass is 534 g/mol. The molecule has 1 saturated carbocycles. The summed E-state index contributed by atoms with van der Waals surface area (Å²) < 4.78 is 10.8. The number of aromatic nitrogens is 2. The van der Waals surface area contributed by atoms with Crippen LogP contribution in [0.3, 0.4) is 0 Å². The molecule has 2 N–H and O–H groups in total. The van der Waals surface area contributed by atoms with Gasteiger partial charge < -0.3 is 20.1 Å². The Balaban J connectivity index is 1.69. The van der Waals surface area contributed by atoms with Gasteiger partial charge in [-0.2, -0.15) is 0 Å². The predicted octanol–water partition coefficient (Wildman–Crippen LogP) is 6.30. The number of ether oxygens (including phenoxy) is 2. The first-order chi connectivity index (χ1) is 16.9. The van der Waals surface area contributed by atoms with Gasteiger partial charge in [-0.1, -0.05) is 54.2 Å². The summed E-state index contributed by atoms with van der Waals surface area (Å²) in [5.41, 5.74) is 1.80. The zero-order chi connectivity index (χ0) is 25.1. The van der Waals surface area contributed by atoms with E-state index < -0.39 is 0 Å². The van der Waals surface area contributed by atoms with Gasteiger partial charge in [-0.05, 0) is 36.6 Å². The van der Waals surface area contributed by atoms with E-state index in [1.165, 1.54) is 20.3 Å². The van der Waals surface area contributed by atoms with Gasteiger partial charge in [0, 0.05) is 35.3 Å². The van der Waals surface area contributed by atoms with Crippen LogP contribution in [-0.4, -0.2) is 42.2 Å². The fraction of sp³-hybridized carbons (Fsp3) is 0.320. The average Bonchev–Trinajstić information content (AvgIpc) is 2.86. The summed E-state index contributed by atoms with van der Waals surface area (Å²) in [6, 6.07) is 5.22. The Kier molecular flexibility index (Phi) is 7.89. The van der Waals surface area contributed by atoms with Gasteiger partial charge >= 0.3 is 0 Å². The van der Waals surface area contributed by atoms with Gasteiger partial charge in [-0.15, -0.1) is 0 Å². The van der Waals surface area contributed by atoms with E-state index >= 15 is 0 Å². The zero-order valence-electron chi connectivity index (χ0n) is 19.3. The number of hydrogen-bond acceptors (Lipinski definition) is 6. The van der Waals surface area contributed by atoms with Crippen LogP contribution < -0.4 is 20.1 Å². The van der Waals surface area contributed by atoms with Gasteiger partial charge in [0.1, 0.15) is 11.5 Å². The second-order valence-corrected chi connectivity index (χ2v) is 9.39. The highest BCUT2D eigenvalue weighted by Gasteiger charge is 2.27. The number of halogens is 3. The lowest BCUT2D eigenvalue weighted by Crippen LogP contribution is -2.48. The molecule has 2 aromatic carbocycles. The minimum atomic E-state index is -0.190. The molecule has 0 spiro atoms. The lowest BCUT2D eigenvalue weighted by Gasteiger charge is -2.32. The van der Waals surface area contributed by atoms with Crippen molar-refractivity contribution in [2.75, 3.05) is 19.5 Å². The molecule has 0 bridgehead atoms. The molecule has 0 saturated heterocycles. The van der Waals surface area contributed by atoms with Gasteiger partial charge in [0.25, 0.3) is 0 Å². The maximum absolute atomic E-state index is 11.8. The van der Waals surface area contributed by atoms with Crippen molar-refractivity contribution >= 4 is 57.6 Å². The Morgan fingerprint density at radius 1 is 1.06 bits per heavy atom. The second kappa shape index (κ2) is 10.9. The van der Waals surface area contributed by atoms with E-state index in [-0.39, 0.29) is 18.0 Å². The molecule has 3 aromatic rings. The Hall–Kier alpha value is -2.74. The van der Waals surface area contributed by atoms with Crippen LogP contribution in [0.25, 0.3) is 22.0 Å². The third-order valence-electron chi connectivity index (χ3n) is 6.09. The highest BCUT2D eigenvalue weighted by molar-refractivity contribution is 6.41. The van der Waals surface area contributed by atoms with E-state index in [9.17, 15) is 4.79 Å². The van der Waals surface area contributed by atoms with E-state index in [4.69, 9.17) is 44.3 Å². The van der Waals surface area contributed by atoms with Crippen molar-refractivity contribution in [2.24, 2.45) is 0 Å². The van der Waals surface area contributed by atoms with Crippen molar-refractivity contribution in [1.82, 2.24) is 15.3 Å². The van der Waals surface area contributed by atoms with E-state index in [2.05, 4.69) is 27.2 Å². The lowest BCUT2D eigenvalue weighted by atomic mass is 9.90. The zero-order valence-corrected chi connectivity index (χ0v) is 21.6. The Morgan fingerprint density at radius 3 is 2.34 bits per heavy atom. The molecule has 35 heavy (non-hydrogen) atoms. The number of amides is 1. The van der Waals surface area contributed by atoms with E-state index in [1.54, 1.807) is 18.3 Å². The molecule has 1 aliphatic carbocycles. The first-order valence-electron chi connectivity index (χ1n) is 11.1. The van der Waals surface area contributed by atoms with Crippen LogP contribution in [0, 0.1) is 0 Å². The molecule has 0 radical (unpaired) electrons. The van der Waals surface area contributed by atoms with Gasteiger partial charge in [0.2, 0.25) is 11.9 Å². The highest BCUT2D eigenvalue weighted by Crippen LogP contribution is 2.47. The number of nitrogens with one attached hydrogen (secondary N) is 2. The number of carbonyl (C=O) groups excluding carboxylic acids is 1. The molecule has 1 heterocycles. The van der Waals surface area contributed by atoms with Crippen LogP contribution in [0.5, 0.6) is 11.5 Å². The fourth-order valence-electron chi connectivity index (χ4n) is 4.34. The Bertz CT molecular complexity index is 1260. The molecule has 7 nitrogen and oxygen atoms in total. The number of rotatable bonds is 7. The summed E-state index contributed by atoms with van der Waals surface area (Å²) in [4.78, 5) is 21.0. The molecule has 1 aliphatic rings. The first kappa shape index (κ1) is 25.4. The summed E-state index contributed by atoms with van der Waals surface area (Å²) in [6.07, 6.45) is 6.85. The summed E-state index contributed by atoms with van der Waals surface area (Å²) in [5.74, 6) is 1.11. The summed E-state index contributed by atoms with van der Waals surface area (Å²) in [7, 11) is 3.04. The smallest absolute Gasteiger partial charge is 0.243 e. The van der Waals surface area contributed by atoms with Crippen LogP contribution >= 0.6 is 34.8 Å². The van der Waals surface area contributed by atoms with Crippen LogP contribution in [0.2, 0.25) is 15.1 Å². The number of anilines is 1. The summed E-state index contributed by atoms with van der Waals surface area (Å²) >= 11 is 19.8. The number of fused-ring (bicyclic) bond motifs is 1. The van der Waals surface area contributed by atoms with Crippen molar-refractivity contribution in [3.8, 4) is 22.6 Å². The topological polar surface area (TPSA) is 85.4 Å². The fourth-order valence-corrected chi connectivity index (χ4v) is 5.33. The van der Waals surface area contributed by atoms with Crippen LogP contribution in [0.4, 0.5) is 5.95 Å². The number of benzene rings is 2. The molecular weight excluding hydrogens is 511 g/mol. The normalized spacial score (nSPS) is 17.6. The van der Waals surface area contributed by atoms with Crippen molar-refractivity contribution in [2.45, 2.75) is 37.8 Å². The third kappa shape index (κ3) is 5.27. The van der Waals surface area contributed by atoms with Gasteiger partial charge in [-0.3, -0.25) is 4.79 Å². The number of nitrogens with zero attached hydrogens (tertiary/aromatic N) is 2. The Labute approximate surface area is 218 Å². The van der Waals surface area contributed by atoms with Crippen LogP contribution in [0.15, 0.2) is 37.1 Å². The minimum Gasteiger partial charge on any atom is -0.495 e. The summed E-state index contributed by atoms with van der Waals surface area (Å²) in [6.45, 7) is 3.54. The minimum absolute atomic E-state index is 0.00464. The molecule has 10 heteroatoms. The quantitative estimate of drug-likeness (QED) is 0.345. The SMILES string of the molecule is C=CC(=O)N[C@H]1CCCC[C@H]1Nc1ncc2cc(-c3c(Cl)c(OC)cc(OC)c3Cl)cc(Cl)c2n1. The molecule has 1 amide bonds. The molecule has 0 unspecified atom stereocenters. The highest BCUT2D eigenvalue weighted by atomic mass is 35.5. The van der Waals surface area contributed by atoms with Gasteiger partial charge in [0.15, 0.2) is 0 Å². The Morgan fingerprint density at radius 2 is 1.71 bits per heavy atom. The van der Waals surface area contributed by atoms with Crippen molar-refractivity contribution in [1.29, 1.82) is 0 Å². The first-order valence-corrected chi connectivity index (χ1v) is 12.3. The molecule has 4 rings (SSSR count). The molecule has 0 aliphatic heterocycles. The maximum atomic E-state index is 11.8.